The number of carbonyl (C=O) groups is 1. The van der Waals surface area contributed by atoms with Gasteiger partial charge in [-0.2, -0.15) is 0 Å². The predicted molar refractivity (Wildman–Crippen MR) is 57.0 cm³/mol. The Labute approximate surface area is 90.1 Å². The molecule has 0 atom stereocenters. The molecule has 0 aliphatic carbocycles. The van der Waals surface area contributed by atoms with Gasteiger partial charge in [0.2, 0.25) is 0 Å². The number of rotatable bonds is 1. The average Bonchev–Trinajstić information content (AvgIpc) is 2.16. The Balaban J connectivity index is 3.13. The summed E-state index contributed by atoms with van der Waals surface area (Å²) in [6.07, 6.45) is 0. The quantitative estimate of drug-likeness (QED) is 0.745. The van der Waals surface area contributed by atoms with Gasteiger partial charge < -0.3 is 10.8 Å². The molecule has 0 spiro atoms. The van der Waals surface area contributed by atoms with Crippen molar-refractivity contribution >= 4 is 21.9 Å². The molecule has 0 aliphatic heterocycles. The van der Waals surface area contributed by atoms with Crippen LogP contribution in [-0.2, 0) is 0 Å². The molecule has 3 nitrogen and oxygen atoms in total. The number of halogens is 1. The zero-order valence-corrected chi connectivity index (χ0v) is 8.84. The van der Waals surface area contributed by atoms with Crippen LogP contribution in [0, 0.1) is 11.8 Å². The van der Waals surface area contributed by atoms with Gasteiger partial charge in [0.05, 0.1) is 12.1 Å². The standard InChI is InChI=1S/C10H8BrNO2/c11-9-4-3-7(2-1-5-12)6-8(9)10(13)14/h3-4,6H,5,12H2,(H,13,14). The van der Waals surface area contributed by atoms with Gasteiger partial charge in [-0.3, -0.25) is 0 Å². The molecule has 1 aromatic rings. The van der Waals surface area contributed by atoms with Gasteiger partial charge in [-0.15, -0.1) is 0 Å². The lowest BCUT2D eigenvalue weighted by molar-refractivity contribution is 0.0696. The first-order valence-electron chi connectivity index (χ1n) is 3.87. The summed E-state index contributed by atoms with van der Waals surface area (Å²) >= 11 is 3.15. The maximum absolute atomic E-state index is 10.7. The first-order chi connectivity index (χ1) is 6.65. The molecule has 0 heterocycles. The third-order valence-corrected chi connectivity index (χ3v) is 2.22. The minimum atomic E-state index is -0.978. The molecule has 1 rings (SSSR count). The molecule has 0 fully saturated rings. The molecule has 1 aromatic carbocycles. The van der Waals surface area contributed by atoms with E-state index in [2.05, 4.69) is 27.8 Å². The maximum atomic E-state index is 10.7. The Morgan fingerprint density at radius 3 is 2.86 bits per heavy atom. The summed E-state index contributed by atoms with van der Waals surface area (Å²) in [4.78, 5) is 10.7. The van der Waals surface area contributed by atoms with Crippen LogP contribution in [0.1, 0.15) is 15.9 Å². The van der Waals surface area contributed by atoms with E-state index in [0.29, 0.717) is 10.0 Å². The lowest BCUT2D eigenvalue weighted by atomic mass is 10.1. The lowest BCUT2D eigenvalue weighted by Crippen LogP contribution is -1.98. The van der Waals surface area contributed by atoms with Crippen molar-refractivity contribution < 1.29 is 9.90 Å². The van der Waals surface area contributed by atoms with Gasteiger partial charge in [-0.25, -0.2) is 4.79 Å². The van der Waals surface area contributed by atoms with Crippen molar-refractivity contribution in [1.82, 2.24) is 0 Å². The number of nitrogens with two attached hydrogens (primary N) is 1. The van der Waals surface area contributed by atoms with Crippen molar-refractivity contribution in [2.45, 2.75) is 0 Å². The minimum Gasteiger partial charge on any atom is -0.478 e. The van der Waals surface area contributed by atoms with Crippen molar-refractivity contribution in [2.24, 2.45) is 5.73 Å². The summed E-state index contributed by atoms with van der Waals surface area (Å²) < 4.78 is 0.545. The van der Waals surface area contributed by atoms with E-state index in [9.17, 15) is 4.79 Å². The minimum absolute atomic E-state index is 0.203. The number of benzene rings is 1. The highest BCUT2D eigenvalue weighted by molar-refractivity contribution is 9.10. The molecule has 0 aliphatic rings. The third-order valence-electron chi connectivity index (χ3n) is 1.53. The average molecular weight is 254 g/mol. The Morgan fingerprint density at radius 1 is 1.57 bits per heavy atom. The maximum Gasteiger partial charge on any atom is 0.336 e. The van der Waals surface area contributed by atoms with E-state index < -0.39 is 5.97 Å². The van der Waals surface area contributed by atoms with Crippen molar-refractivity contribution in [2.75, 3.05) is 6.54 Å². The largest absolute Gasteiger partial charge is 0.478 e. The van der Waals surface area contributed by atoms with Crippen molar-refractivity contribution in [3.63, 3.8) is 0 Å². The van der Waals surface area contributed by atoms with Crippen LogP contribution in [0.2, 0.25) is 0 Å². The van der Waals surface area contributed by atoms with Crippen LogP contribution in [0.15, 0.2) is 22.7 Å². The van der Waals surface area contributed by atoms with Gasteiger partial charge in [0.1, 0.15) is 0 Å². The summed E-state index contributed by atoms with van der Waals surface area (Å²) in [6, 6.07) is 4.90. The van der Waals surface area contributed by atoms with E-state index in [4.69, 9.17) is 10.8 Å². The molecule has 0 unspecified atom stereocenters. The van der Waals surface area contributed by atoms with Crippen molar-refractivity contribution in [3.05, 3.63) is 33.8 Å². The molecule has 72 valence electrons. The number of aromatic carboxylic acids is 1. The van der Waals surface area contributed by atoms with Crippen LogP contribution in [0.5, 0.6) is 0 Å². The van der Waals surface area contributed by atoms with Gasteiger partial charge in [0, 0.05) is 10.0 Å². The van der Waals surface area contributed by atoms with E-state index in [1.807, 2.05) is 0 Å². The Kier molecular flexibility index (Phi) is 3.69. The fourth-order valence-corrected chi connectivity index (χ4v) is 1.34. The Hall–Kier alpha value is -1.31. The van der Waals surface area contributed by atoms with Crippen LogP contribution in [-0.4, -0.2) is 17.6 Å². The summed E-state index contributed by atoms with van der Waals surface area (Å²) in [6.45, 7) is 0.262. The lowest BCUT2D eigenvalue weighted by Gasteiger charge is -1.98. The summed E-state index contributed by atoms with van der Waals surface area (Å²) in [7, 11) is 0. The summed E-state index contributed by atoms with van der Waals surface area (Å²) in [5, 5.41) is 8.81. The van der Waals surface area contributed by atoms with Gasteiger partial charge in [0.25, 0.3) is 0 Å². The smallest absolute Gasteiger partial charge is 0.336 e. The molecular weight excluding hydrogens is 246 g/mol. The first kappa shape index (κ1) is 10.8. The Bertz CT molecular complexity index is 418. The zero-order valence-electron chi connectivity index (χ0n) is 7.25. The van der Waals surface area contributed by atoms with Crippen LogP contribution >= 0.6 is 15.9 Å². The van der Waals surface area contributed by atoms with E-state index in [0.717, 1.165) is 0 Å². The molecule has 0 aromatic heterocycles. The second-order valence-electron chi connectivity index (χ2n) is 2.51. The van der Waals surface area contributed by atoms with Gasteiger partial charge >= 0.3 is 5.97 Å². The van der Waals surface area contributed by atoms with Crippen LogP contribution < -0.4 is 5.73 Å². The monoisotopic (exact) mass is 253 g/mol. The normalized spacial score (nSPS) is 9.00. The predicted octanol–water partition coefficient (Wildman–Crippen LogP) is 1.46. The van der Waals surface area contributed by atoms with E-state index >= 15 is 0 Å². The number of carboxylic acid groups (broad SMARTS) is 1. The topological polar surface area (TPSA) is 63.3 Å². The zero-order chi connectivity index (χ0) is 10.6. The molecule has 0 amide bonds. The fraction of sp³-hybridized carbons (Fsp3) is 0.100. The summed E-state index contributed by atoms with van der Waals surface area (Å²) in [5.41, 5.74) is 6.06. The third kappa shape index (κ3) is 2.59. The summed E-state index contributed by atoms with van der Waals surface area (Å²) in [5.74, 6) is 4.45. The van der Waals surface area contributed by atoms with Crippen molar-refractivity contribution in [1.29, 1.82) is 0 Å². The number of hydrogen-bond donors (Lipinski definition) is 2. The van der Waals surface area contributed by atoms with Gasteiger partial charge in [0.15, 0.2) is 0 Å². The molecule has 0 saturated heterocycles. The van der Waals surface area contributed by atoms with Crippen LogP contribution in [0.3, 0.4) is 0 Å². The molecule has 0 radical (unpaired) electrons. The molecule has 0 bridgehead atoms. The second-order valence-corrected chi connectivity index (χ2v) is 3.36. The molecular formula is C10H8BrNO2. The van der Waals surface area contributed by atoms with Crippen molar-refractivity contribution in [3.8, 4) is 11.8 Å². The SMILES string of the molecule is NCC#Cc1ccc(Br)c(C(=O)O)c1. The van der Waals surface area contributed by atoms with E-state index in [-0.39, 0.29) is 12.1 Å². The number of hydrogen-bond acceptors (Lipinski definition) is 2. The van der Waals surface area contributed by atoms with Gasteiger partial charge in [-0.1, -0.05) is 11.8 Å². The molecule has 4 heteroatoms. The van der Waals surface area contributed by atoms with E-state index in [1.165, 1.54) is 6.07 Å². The highest BCUT2D eigenvalue weighted by Crippen LogP contribution is 2.17. The van der Waals surface area contributed by atoms with Gasteiger partial charge in [-0.05, 0) is 34.1 Å². The fourth-order valence-electron chi connectivity index (χ4n) is 0.920. The highest BCUT2D eigenvalue weighted by atomic mass is 79.9. The molecule has 3 N–H and O–H groups in total. The van der Waals surface area contributed by atoms with Crippen LogP contribution in [0.4, 0.5) is 0 Å². The first-order valence-corrected chi connectivity index (χ1v) is 4.66. The van der Waals surface area contributed by atoms with Crippen LogP contribution in [0.25, 0.3) is 0 Å². The van der Waals surface area contributed by atoms with E-state index in [1.54, 1.807) is 12.1 Å². The second kappa shape index (κ2) is 4.80. The highest BCUT2D eigenvalue weighted by Gasteiger charge is 2.07. The molecule has 0 saturated carbocycles. The molecule has 14 heavy (non-hydrogen) atoms. The Morgan fingerprint density at radius 2 is 2.29 bits per heavy atom. The number of carboxylic acids is 1.